The molecule has 2 heterocycles. The fraction of sp³-hybridized carbons (Fsp3) is 0.304. The highest BCUT2D eigenvalue weighted by molar-refractivity contribution is 7.17. The maximum Gasteiger partial charge on any atom is 0.339 e. The van der Waals surface area contributed by atoms with Gasteiger partial charge in [-0.25, -0.2) is 4.79 Å². The number of nitrogens with zero attached hydrogens (tertiary/aromatic N) is 1. The van der Waals surface area contributed by atoms with Crippen LogP contribution in [0.4, 0.5) is 5.00 Å². The highest BCUT2D eigenvalue weighted by atomic mass is 32.1. The van der Waals surface area contributed by atoms with Gasteiger partial charge in [0.25, 0.3) is 11.8 Å². The number of hydrogen-bond donors (Lipinski definition) is 2. The van der Waals surface area contributed by atoms with Gasteiger partial charge in [-0.1, -0.05) is 18.2 Å². The van der Waals surface area contributed by atoms with Crippen LogP contribution in [0.25, 0.3) is 10.9 Å². The van der Waals surface area contributed by atoms with Gasteiger partial charge in [-0.3, -0.25) is 14.6 Å². The standard InChI is InChI=1S/C23H23N3O4S/c1-12-11-16(14-7-3-5-9-17(14)25-12)23(29)30-13(2)21(28)26-22-19(20(24)27)15-8-4-6-10-18(15)31-22/h3,5,7,9,11,13H,4,6,8,10H2,1-2H3,(H2,24,27)(H,26,28)/t13-/m0/s1. The summed E-state index contributed by atoms with van der Waals surface area (Å²) in [5.74, 6) is -1.67. The minimum Gasteiger partial charge on any atom is -0.449 e. The van der Waals surface area contributed by atoms with E-state index in [0.29, 0.717) is 32.7 Å². The molecular formula is C23H23N3O4S. The average molecular weight is 438 g/mol. The predicted octanol–water partition coefficient (Wildman–Crippen LogP) is 3.77. The molecule has 0 radical (unpaired) electrons. The molecule has 0 bridgehead atoms. The number of anilines is 1. The van der Waals surface area contributed by atoms with Crippen molar-refractivity contribution in [3.63, 3.8) is 0 Å². The third-order valence-electron chi connectivity index (χ3n) is 5.37. The minimum absolute atomic E-state index is 0.354. The smallest absolute Gasteiger partial charge is 0.339 e. The number of carbonyl (C=O) groups excluding carboxylic acids is 3. The largest absolute Gasteiger partial charge is 0.449 e. The molecule has 8 heteroatoms. The number of aryl methyl sites for hydroxylation is 2. The molecule has 1 aliphatic carbocycles. The maximum atomic E-state index is 12.8. The van der Waals surface area contributed by atoms with Crippen LogP contribution in [0.2, 0.25) is 0 Å². The molecule has 2 aromatic heterocycles. The van der Waals surface area contributed by atoms with E-state index in [9.17, 15) is 14.4 Å². The Morgan fingerprint density at radius 1 is 1.19 bits per heavy atom. The van der Waals surface area contributed by atoms with Gasteiger partial charge in [0.2, 0.25) is 0 Å². The molecule has 1 atom stereocenters. The first kappa shape index (κ1) is 21.0. The molecule has 7 nitrogen and oxygen atoms in total. The lowest BCUT2D eigenvalue weighted by Crippen LogP contribution is -2.30. The van der Waals surface area contributed by atoms with Crippen molar-refractivity contribution in [1.29, 1.82) is 0 Å². The first-order chi connectivity index (χ1) is 14.8. The van der Waals surface area contributed by atoms with E-state index >= 15 is 0 Å². The quantitative estimate of drug-likeness (QED) is 0.590. The molecule has 3 N–H and O–H groups in total. The van der Waals surface area contributed by atoms with Crippen molar-refractivity contribution < 1.29 is 19.1 Å². The fourth-order valence-electron chi connectivity index (χ4n) is 3.88. The Morgan fingerprint density at radius 3 is 2.71 bits per heavy atom. The third-order valence-corrected chi connectivity index (χ3v) is 6.58. The lowest BCUT2D eigenvalue weighted by Gasteiger charge is -2.15. The zero-order valence-electron chi connectivity index (χ0n) is 17.4. The molecule has 31 heavy (non-hydrogen) atoms. The van der Waals surface area contributed by atoms with Crippen LogP contribution in [0.15, 0.2) is 30.3 Å². The molecule has 1 aliphatic rings. The van der Waals surface area contributed by atoms with E-state index in [1.165, 1.54) is 18.3 Å². The number of fused-ring (bicyclic) bond motifs is 2. The molecule has 0 aliphatic heterocycles. The summed E-state index contributed by atoms with van der Waals surface area (Å²) < 4.78 is 5.45. The Kier molecular flexibility index (Phi) is 5.73. The van der Waals surface area contributed by atoms with Gasteiger partial charge >= 0.3 is 5.97 Å². The summed E-state index contributed by atoms with van der Waals surface area (Å²) in [5, 5.41) is 3.83. The number of carbonyl (C=O) groups is 3. The van der Waals surface area contributed by atoms with Crippen molar-refractivity contribution in [2.24, 2.45) is 5.73 Å². The summed E-state index contributed by atoms with van der Waals surface area (Å²) in [5.41, 5.74) is 8.61. The Morgan fingerprint density at radius 2 is 1.94 bits per heavy atom. The second-order valence-corrected chi connectivity index (χ2v) is 8.75. The number of nitrogens with two attached hydrogens (primary N) is 1. The molecule has 1 aromatic carbocycles. The summed E-state index contributed by atoms with van der Waals surface area (Å²) in [6.07, 6.45) is 2.63. The van der Waals surface area contributed by atoms with Gasteiger partial charge in [-0.05, 0) is 57.2 Å². The van der Waals surface area contributed by atoms with E-state index in [-0.39, 0.29) is 0 Å². The fourth-order valence-corrected chi connectivity index (χ4v) is 5.18. The van der Waals surface area contributed by atoms with Crippen molar-refractivity contribution >= 4 is 45.0 Å². The monoisotopic (exact) mass is 437 g/mol. The van der Waals surface area contributed by atoms with Crippen LogP contribution in [-0.4, -0.2) is 28.9 Å². The average Bonchev–Trinajstić information content (AvgIpc) is 3.10. The van der Waals surface area contributed by atoms with E-state index in [2.05, 4.69) is 10.3 Å². The van der Waals surface area contributed by atoms with Gasteiger partial charge in [0.05, 0.1) is 16.6 Å². The van der Waals surface area contributed by atoms with Gasteiger partial charge in [-0.15, -0.1) is 11.3 Å². The number of nitrogens with one attached hydrogen (secondary N) is 1. The number of aromatic nitrogens is 1. The van der Waals surface area contributed by atoms with Crippen molar-refractivity contribution in [1.82, 2.24) is 4.98 Å². The van der Waals surface area contributed by atoms with Crippen LogP contribution >= 0.6 is 11.3 Å². The Hall–Kier alpha value is -3.26. The Labute approximate surface area is 183 Å². The number of pyridine rings is 1. The molecular weight excluding hydrogens is 414 g/mol. The number of amides is 2. The number of thiophene rings is 1. The summed E-state index contributed by atoms with van der Waals surface area (Å²) in [7, 11) is 0. The van der Waals surface area contributed by atoms with E-state index in [4.69, 9.17) is 10.5 Å². The van der Waals surface area contributed by atoms with Gasteiger partial charge in [0, 0.05) is 16.0 Å². The SMILES string of the molecule is Cc1cc(C(=O)O[C@@H](C)C(=O)Nc2sc3c(c2C(N)=O)CCCC3)c2ccccc2n1. The highest BCUT2D eigenvalue weighted by Crippen LogP contribution is 2.38. The van der Waals surface area contributed by atoms with Crippen molar-refractivity contribution in [2.75, 3.05) is 5.32 Å². The van der Waals surface area contributed by atoms with Crippen LogP contribution in [0.5, 0.6) is 0 Å². The minimum atomic E-state index is -1.06. The van der Waals surface area contributed by atoms with Gasteiger partial charge in [0.1, 0.15) is 5.00 Å². The number of ether oxygens (including phenoxy) is 1. The second-order valence-electron chi connectivity index (χ2n) is 7.64. The number of benzene rings is 1. The molecule has 0 fully saturated rings. The summed E-state index contributed by atoms with van der Waals surface area (Å²) in [6.45, 7) is 3.30. The number of para-hydroxylation sites is 1. The molecule has 0 saturated heterocycles. The van der Waals surface area contributed by atoms with E-state index in [1.807, 2.05) is 18.2 Å². The zero-order valence-corrected chi connectivity index (χ0v) is 18.2. The second kappa shape index (κ2) is 8.47. The van der Waals surface area contributed by atoms with Gasteiger partial charge in [-0.2, -0.15) is 0 Å². The van der Waals surface area contributed by atoms with Crippen LogP contribution in [0.3, 0.4) is 0 Å². The van der Waals surface area contributed by atoms with Gasteiger partial charge in [0.15, 0.2) is 6.10 Å². The highest BCUT2D eigenvalue weighted by Gasteiger charge is 2.27. The number of primary amides is 1. The van der Waals surface area contributed by atoms with Crippen molar-refractivity contribution in [3.05, 3.63) is 57.6 Å². The van der Waals surface area contributed by atoms with Crippen LogP contribution in [0.1, 0.15) is 56.6 Å². The zero-order chi connectivity index (χ0) is 22.1. The summed E-state index contributed by atoms with van der Waals surface area (Å²) in [6, 6.07) is 8.92. The summed E-state index contributed by atoms with van der Waals surface area (Å²) >= 11 is 1.37. The first-order valence-electron chi connectivity index (χ1n) is 10.2. The van der Waals surface area contributed by atoms with Crippen molar-refractivity contribution in [2.45, 2.75) is 45.6 Å². The van der Waals surface area contributed by atoms with Gasteiger partial charge < -0.3 is 15.8 Å². The molecule has 0 spiro atoms. The number of rotatable bonds is 5. The normalized spacial score (nSPS) is 14.0. The van der Waals surface area contributed by atoms with Crippen LogP contribution in [0, 0.1) is 6.92 Å². The predicted molar refractivity (Wildman–Crippen MR) is 119 cm³/mol. The molecule has 2 amide bonds. The van der Waals surface area contributed by atoms with Crippen molar-refractivity contribution in [3.8, 4) is 0 Å². The van der Waals surface area contributed by atoms with Crippen LogP contribution in [-0.2, 0) is 22.4 Å². The van der Waals surface area contributed by atoms with Crippen LogP contribution < -0.4 is 11.1 Å². The Balaban J connectivity index is 1.53. The lowest BCUT2D eigenvalue weighted by atomic mass is 9.95. The van der Waals surface area contributed by atoms with E-state index in [1.54, 1.807) is 19.1 Å². The van der Waals surface area contributed by atoms with E-state index in [0.717, 1.165) is 36.1 Å². The molecule has 3 aromatic rings. The first-order valence-corrected chi connectivity index (χ1v) is 11.0. The molecule has 4 rings (SSSR count). The molecule has 0 saturated carbocycles. The third kappa shape index (κ3) is 4.16. The molecule has 160 valence electrons. The number of esters is 1. The molecule has 0 unspecified atom stereocenters. The maximum absolute atomic E-state index is 12.8. The lowest BCUT2D eigenvalue weighted by molar-refractivity contribution is -0.123. The van der Waals surface area contributed by atoms with E-state index < -0.39 is 23.9 Å². The summed E-state index contributed by atoms with van der Waals surface area (Å²) in [4.78, 5) is 43.1. The number of hydrogen-bond acceptors (Lipinski definition) is 6. The Bertz CT molecular complexity index is 1200. The topological polar surface area (TPSA) is 111 Å².